The van der Waals surface area contributed by atoms with Crippen molar-refractivity contribution >= 4 is 5.97 Å². The van der Waals surface area contributed by atoms with Crippen LogP contribution in [0.15, 0.2) is 24.3 Å². The third-order valence-electron chi connectivity index (χ3n) is 2.56. The molecule has 1 aromatic rings. The summed E-state index contributed by atoms with van der Waals surface area (Å²) in [6, 6.07) is 5.40. The smallest absolute Gasteiger partial charge is 0.338 e. The van der Waals surface area contributed by atoms with Crippen LogP contribution >= 0.6 is 0 Å². The lowest BCUT2D eigenvalue weighted by Crippen LogP contribution is -2.06. The highest BCUT2D eigenvalue weighted by molar-refractivity contribution is 5.89. The van der Waals surface area contributed by atoms with Crippen molar-refractivity contribution in [3.05, 3.63) is 35.6 Å². The van der Waals surface area contributed by atoms with Crippen molar-refractivity contribution in [3.8, 4) is 0 Å². The third-order valence-corrected chi connectivity index (χ3v) is 2.56. The first-order valence-electron chi connectivity index (χ1n) is 6.16. The fourth-order valence-corrected chi connectivity index (χ4v) is 1.54. The first kappa shape index (κ1) is 13.7. The number of ether oxygens (including phenoxy) is 1. The Labute approximate surface area is 102 Å². The maximum Gasteiger partial charge on any atom is 0.338 e. The van der Waals surface area contributed by atoms with Crippen molar-refractivity contribution in [1.29, 1.82) is 0 Å². The average Bonchev–Trinajstić information content (AvgIpc) is 2.34. The van der Waals surface area contributed by atoms with Gasteiger partial charge in [0, 0.05) is 0 Å². The average molecular weight is 238 g/mol. The van der Waals surface area contributed by atoms with Crippen molar-refractivity contribution in [2.75, 3.05) is 6.61 Å². The van der Waals surface area contributed by atoms with Gasteiger partial charge in [0.2, 0.25) is 0 Å². The zero-order valence-corrected chi connectivity index (χ0v) is 10.2. The topological polar surface area (TPSA) is 26.3 Å². The maximum atomic E-state index is 12.6. The molecule has 0 aromatic heterocycles. The molecule has 1 rings (SSSR count). The number of carbonyl (C=O) groups is 1. The molecule has 3 heteroatoms. The van der Waals surface area contributed by atoms with Gasteiger partial charge in [-0.25, -0.2) is 9.18 Å². The van der Waals surface area contributed by atoms with Gasteiger partial charge in [-0.3, -0.25) is 0 Å². The van der Waals surface area contributed by atoms with Crippen molar-refractivity contribution in [1.82, 2.24) is 0 Å². The van der Waals surface area contributed by atoms with Crippen LogP contribution in [-0.4, -0.2) is 12.6 Å². The molecule has 0 aliphatic heterocycles. The highest BCUT2D eigenvalue weighted by Gasteiger charge is 2.06. The zero-order valence-electron chi connectivity index (χ0n) is 10.2. The fourth-order valence-electron chi connectivity index (χ4n) is 1.54. The van der Waals surface area contributed by atoms with Crippen molar-refractivity contribution < 1.29 is 13.9 Å². The predicted molar refractivity (Wildman–Crippen MR) is 65.4 cm³/mol. The van der Waals surface area contributed by atoms with E-state index in [9.17, 15) is 9.18 Å². The number of halogens is 1. The normalized spacial score (nSPS) is 10.2. The van der Waals surface area contributed by atoms with Crippen LogP contribution in [0, 0.1) is 5.82 Å². The van der Waals surface area contributed by atoms with Crippen LogP contribution in [0.3, 0.4) is 0 Å². The second kappa shape index (κ2) is 7.82. The fraction of sp³-hybridized carbons (Fsp3) is 0.500. The minimum absolute atomic E-state index is 0.346. The Bertz CT molecular complexity index is 333. The van der Waals surface area contributed by atoms with E-state index in [1.165, 1.54) is 43.5 Å². The molecule has 0 aliphatic carbocycles. The van der Waals surface area contributed by atoms with E-state index in [1.807, 2.05) is 0 Å². The van der Waals surface area contributed by atoms with E-state index in [0.717, 1.165) is 12.8 Å². The predicted octanol–water partition coefficient (Wildman–Crippen LogP) is 3.95. The quantitative estimate of drug-likeness (QED) is 0.531. The van der Waals surface area contributed by atoms with Crippen molar-refractivity contribution in [3.63, 3.8) is 0 Å². The summed E-state index contributed by atoms with van der Waals surface area (Å²) in [6.45, 7) is 2.61. The summed E-state index contributed by atoms with van der Waals surface area (Å²) in [5, 5.41) is 0. The molecule has 0 atom stereocenters. The molecule has 0 spiro atoms. The molecule has 2 nitrogen and oxygen atoms in total. The van der Waals surface area contributed by atoms with Crippen LogP contribution in [0.2, 0.25) is 0 Å². The Morgan fingerprint density at radius 2 is 1.76 bits per heavy atom. The summed E-state index contributed by atoms with van der Waals surface area (Å²) in [6.07, 6.45) is 5.60. The highest BCUT2D eigenvalue weighted by Crippen LogP contribution is 2.06. The Kier molecular flexibility index (Phi) is 6.30. The van der Waals surface area contributed by atoms with E-state index in [0.29, 0.717) is 12.2 Å². The molecule has 0 heterocycles. The summed E-state index contributed by atoms with van der Waals surface area (Å²) in [7, 11) is 0. The van der Waals surface area contributed by atoms with Gasteiger partial charge in [0.1, 0.15) is 5.82 Å². The monoisotopic (exact) mass is 238 g/mol. The van der Waals surface area contributed by atoms with Crippen LogP contribution < -0.4 is 0 Å². The Morgan fingerprint density at radius 1 is 1.12 bits per heavy atom. The van der Waals surface area contributed by atoms with E-state index in [1.54, 1.807) is 0 Å². The maximum absolute atomic E-state index is 12.6. The first-order valence-corrected chi connectivity index (χ1v) is 6.16. The number of hydrogen-bond donors (Lipinski definition) is 0. The van der Waals surface area contributed by atoms with Crippen LogP contribution in [0.5, 0.6) is 0 Å². The molecule has 1 aromatic carbocycles. The number of esters is 1. The lowest BCUT2D eigenvalue weighted by Gasteiger charge is -2.04. The van der Waals surface area contributed by atoms with Gasteiger partial charge in [-0.1, -0.05) is 32.6 Å². The number of hydrogen-bond acceptors (Lipinski definition) is 2. The molecule has 0 aliphatic rings. The lowest BCUT2D eigenvalue weighted by molar-refractivity contribution is 0.0497. The third kappa shape index (κ3) is 5.48. The summed E-state index contributed by atoms with van der Waals surface area (Å²) in [5.41, 5.74) is 0.403. The second-order valence-electron chi connectivity index (χ2n) is 4.06. The van der Waals surface area contributed by atoms with Gasteiger partial charge in [0.25, 0.3) is 0 Å². The number of unbranched alkanes of at least 4 members (excludes halogenated alkanes) is 4. The molecule has 0 saturated carbocycles. The van der Waals surface area contributed by atoms with Crippen LogP contribution in [0.4, 0.5) is 4.39 Å². The van der Waals surface area contributed by atoms with Crippen LogP contribution in [0.25, 0.3) is 0 Å². The number of carbonyl (C=O) groups excluding carboxylic acids is 1. The molecule has 0 amide bonds. The summed E-state index contributed by atoms with van der Waals surface area (Å²) in [5.74, 6) is -0.721. The van der Waals surface area contributed by atoms with Gasteiger partial charge in [0.15, 0.2) is 0 Å². The molecule has 17 heavy (non-hydrogen) atoms. The van der Waals surface area contributed by atoms with Gasteiger partial charge in [-0.05, 0) is 30.7 Å². The number of rotatable bonds is 7. The molecule has 0 radical (unpaired) electrons. The largest absolute Gasteiger partial charge is 0.462 e. The van der Waals surface area contributed by atoms with Crippen molar-refractivity contribution in [2.45, 2.75) is 39.0 Å². The summed E-state index contributed by atoms with van der Waals surface area (Å²) in [4.78, 5) is 11.5. The first-order chi connectivity index (χ1) is 8.24. The molecule has 0 bridgehead atoms. The van der Waals surface area contributed by atoms with Gasteiger partial charge < -0.3 is 4.74 Å². The number of benzene rings is 1. The van der Waals surface area contributed by atoms with E-state index in [4.69, 9.17) is 4.74 Å². The van der Waals surface area contributed by atoms with Gasteiger partial charge in [-0.2, -0.15) is 0 Å². The Morgan fingerprint density at radius 3 is 2.41 bits per heavy atom. The Balaban J connectivity index is 2.19. The molecular weight excluding hydrogens is 219 g/mol. The molecule has 0 fully saturated rings. The molecular formula is C14H19FO2. The van der Waals surface area contributed by atoms with Gasteiger partial charge >= 0.3 is 5.97 Å². The van der Waals surface area contributed by atoms with E-state index in [2.05, 4.69) is 6.92 Å². The highest BCUT2D eigenvalue weighted by atomic mass is 19.1. The zero-order chi connectivity index (χ0) is 12.5. The second-order valence-corrected chi connectivity index (χ2v) is 4.06. The molecule has 94 valence electrons. The van der Waals surface area contributed by atoms with Crippen molar-refractivity contribution in [2.24, 2.45) is 0 Å². The summed E-state index contributed by atoms with van der Waals surface area (Å²) >= 11 is 0. The SMILES string of the molecule is CCCCCCCOC(=O)c1ccc(F)cc1. The molecule has 0 saturated heterocycles. The van der Waals surface area contributed by atoms with E-state index in [-0.39, 0.29) is 11.8 Å². The van der Waals surface area contributed by atoms with Gasteiger partial charge in [-0.15, -0.1) is 0 Å². The standard InChI is InChI=1S/C14H19FO2/c1-2-3-4-5-6-11-17-14(16)12-7-9-13(15)10-8-12/h7-10H,2-6,11H2,1H3. The van der Waals surface area contributed by atoms with Gasteiger partial charge in [0.05, 0.1) is 12.2 Å². The minimum atomic E-state index is -0.375. The lowest BCUT2D eigenvalue weighted by atomic mass is 10.2. The minimum Gasteiger partial charge on any atom is -0.462 e. The van der Waals surface area contributed by atoms with E-state index >= 15 is 0 Å². The van der Waals surface area contributed by atoms with Crippen LogP contribution in [-0.2, 0) is 4.74 Å². The van der Waals surface area contributed by atoms with E-state index < -0.39 is 0 Å². The van der Waals surface area contributed by atoms with Crippen LogP contribution in [0.1, 0.15) is 49.4 Å². The molecule has 0 N–H and O–H groups in total. The molecule has 0 unspecified atom stereocenters. The Hall–Kier alpha value is -1.38. The summed E-state index contributed by atoms with van der Waals surface area (Å²) < 4.78 is 17.7.